The molecule has 0 saturated heterocycles. The second-order valence-corrected chi connectivity index (χ2v) is 7.95. The van der Waals surface area contributed by atoms with Gasteiger partial charge in [0.1, 0.15) is 0 Å². The van der Waals surface area contributed by atoms with Crippen molar-refractivity contribution in [1.29, 1.82) is 0 Å². The molecule has 3 saturated carbocycles. The predicted molar refractivity (Wildman–Crippen MR) is 58.4 cm³/mol. The molecule has 1 aromatic carbocycles. The van der Waals surface area contributed by atoms with Crippen LogP contribution in [0.2, 0.25) is 4.31 Å². The minimum atomic E-state index is -0.576. The summed E-state index contributed by atoms with van der Waals surface area (Å²) in [6, 6.07) is 10.5. The van der Waals surface area contributed by atoms with Gasteiger partial charge in [-0.1, -0.05) is 0 Å². The van der Waals surface area contributed by atoms with Crippen molar-refractivity contribution in [3.05, 3.63) is 30.3 Å². The molecule has 0 heterocycles. The average molecular weight is 267 g/mol. The molecule has 3 fully saturated rings. The summed E-state index contributed by atoms with van der Waals surface area (Å²) >= 11 is 0.464. The summed E-state index contributed by atoms with van der Waals surface area (Å²) in [6.45, 7) is 0. The second-order valence-electron chi connectivity index (χ2n) is 4.71. The van der Waals surface area contributed by atoms with Gasteiger partial charge in [-0.3, -0.25) is 0 Å². The number of benzene rings is 1. The van der Waals surface area contributed by atoms with E-state index in [-0.39, 0.29) is 5.41 Å². The van der Waals surface area contributed by atoms with Gasteiger partial charge < -0.3 is 0 Å². The first kappa shape index (κ1) is 9.44. The van der Waals surface area contributed by atoms with Gasteiger partial charge in [-0.05, 0) is 0 Å². The van der Waals surface area contributed by atoms with Crippen molar-refractivity contribution in [3.63, 3.8) is 0 Å². The standard InChI is InChI=1S/C12H12O2Se/c13-10(14)11-6-12(7-11,8-11)15-9-4-2-1-3-5-9/h1-5H,6-8H2,(H,13,14). The fourth-order valence-electron chi connectivity index (χ4n) is 2.77. The first-order chi connectivity index (χ1) is 7.14. The van der Waals surface area contributed by atoms with Gasteiger partial charge in [-0.25, -0.2) is 0 Å². The Labute approximate surface area is 94.8 Å². The Kier molecular flexibility index (Phi) is 1.80. The van der Waals surface area contributed by atoms with Crippen LogP contribution in [0.1, 0.15) is 19.3 Å². The first-order valence-electron chi connectivity index (χ1n) is 5.12. The molecular weight excluding hydrogens is 255 g/mol. The Balaban J connectivity index is 1.68. The molecule has 0 aliphatic heterocycles. The van der Waals surface area contributed by atoms with Crippen LogP contribution in [0.4, 0.5) is 0 Å². The molecule has 1 N–H and O–H groups in total. The molecule has 0 amide bonds. The Morgan fingerprint density at radius 2 is 1.80 bits per heavy atom. The summed E-state index contributed by atoms with van der Waals surface area (Å²) in [6.07, 6.45) is 2.76. The molecule has 2 nitrogen and oxygen atoms in total. The maximum atomic E-state index is 10.9. The van der Waals surface area contributed by atoms with E-state index in [2.05, 4.69) is 24.3 Å². The van der Waals surface area contributed by atoms with Gasteiger partial charge in [0.25, 0.3) is 0 Å². The van der Waals surface area contributed by atoms with Crippen LogP contribution >= 0.6 is 0 Å². The van der Waals surface area contributed by atoms with Crippen LogP contribution in [0.5, 0.6) is 0 Å². The van der Waals surface area contributed by atoms with Crippen molar-refractivity contribution in [1.82, 2.24) is 0 Å². The fourth-order valence-corrected chi connectivity index (χ4v) is 6.63. The van der Waals surface area contributed by atoms with Gasteiger partial charge in [-0.2, -0.15) is 0 Å². The Hall–Kier alpha value is -0.791. The Bertz CT molecular complexity index is 393. The van der Waals surface area contributed by atoms with E-state index >= 15 is 0 Å². The van der Waals surface area contributed by atoms with E-state index < -0.39 is 5.97 Å². The number of aliphatic carboxylic acids is 1. The third kappa shape index (κ3) is 1.27. The third-order valence-corrected chi connectivity index (χ3v) is 6.40. The summed E-state index contributed by atoms with van der Waals surface area (Å²) < 4.78 is 1.80. The van der Waals surface area contributed by atoms with E-state index in [1.54, 1.807) is 0 Å². The van der Waals surface area contributed by atoms with E-state index in [9.17, 15) is 4.79 Å². The van der Waals surface area contributed by atoms with Gasteiger partial charge in [0.15, 0.2) is 0 Å². The molecule has 2 bridgehead atoms. The predicted octanol–water partition coefficient (Wildman–Crippen LogP) is 1.44. The second kappa shape index (κ2) is 2.87. The van der Waals surface area contributed by atoms with E-state index in [4.69, 9.17) is 5.11 Å². The Morgan fingerprint density at radius 3 is 2.33 bits per heavy atom. The van der Waals surface area contributed by atoms with Crippen LogP contribution in [-0.4, -0.2) is 26.0 Å². The molecule has 4 rings (SSSR count). The van der Waals surface area contributed by atoms with Crippen LogP contribution in [0.3, 0.4) is 0 Å². The maximum absolute atomic E-state index is 10.9. The summed E-state index contributed by atoms with van der Waals surface area (Å²) in [5, 5.41) is 9.02. The van der Waals surface area contributed by atoms with Gasteiger partial charge in [0, 0.05) is 0 Å². The molecule has 0 atom stereocenters. The van der Waals surface area contributed by atoms with Crippen LogP contribution in [0, 0.1) is 5.41 Å². The van der Waals surface area contributed by atoms with Crippen molar-refractivity contribution >= 4 is 25.4 Å². The molecular formula is C12H12O2Se. The Morgan fingerprint density at radius 1 is 1.20 bits per heavy atom. The number of rotatable bonds is 3. The molecule has 3 aliphatic rings. The number of hydrogen-bond donors (Lipinski definition) is 1. The van der Waals surface area contributed by atoms with E-state index in [1.165, 1.54) is 4.46 Å². The number of carbonyl (C=O) groups is 1. The zero-order valence-electron chi connectivity index (χ0n) is 8.27. The zero-order valence-corrected chi connectivity index (χ0v) is 9.98. The van der Waals surface area contributed by atoms with E-state index in [0.717, 1.165) is 19.3 Å². The van der Waals surface area contributed by atoms with Crippen molar-refractivity contribution in [2.75, 3.05) is 0 Å². The minimum absolute atomic E-state index is 0.309. The topological polar surface area (TPSA) is 37.3 Å². The van der Waals surface area contributed by atoms with Gasteiger partial charge in [-0.15, -0.1) is 0 Å². The monoisotopic (exact) mass is 268 g/mol. The number of carboxylic acids is 1. The van der Waals surface area contributed by atoms with Gasteiger partial charge in [0.05, 0.1) is 0 Å². The summed E-state index contributed by atoms with van der Waals surface area (Å²) in [4.78, 5) is 10.9. The first-order valence-corrected chi connectivity index (χ1v) is 6.83. The van der Waals surface area contributed by atoms with E-state index in [1.807, 2.05) is 6.07 Å². The summed E-state index contributed by atoms with van der Waals surface area (Å²) in [7, 11) is 0. The van der Waals surface area contributed by atoms with Gasteiger partial charge in [0.2, 0.25) is 0 Å². The number of hydrogen-bond acceptors (Lipinski definition) is 1. The van der Waals surface area contributed by atoms with Crippen LogP contribution in [-0.2, 0) is 4.79 Å². The normalized spacial score (nSPS) is 36.5. The third-order valence-electron chi connectivity index (χ3n) is 3.51. The average Bonchev–Trinajstić information content (AvgIpc) is 2.10. The van der Waals surface area contributed by atoms with Crippen molar-refractivity contribution in [3.8, 4) is 0 Å². The van der Waals surface area contributed by atoms with Gasteiger partial charge >= 0.3 is 94.6 Å². The molecule has 0 aromatic heterocycles. The fraction of sp³-hybridized carbons (Fsp3) is 0.417. The van der Waals surface area contributed by atoms with E-state index in [0.29, 0.717) is 19.3 Å². The molecule has 15 heavy (non-hydrogen) atoms. The molecule has 78 valence electrons. The van der Waals surface area contributed by atoms with Crippen LogP contribution < -0.4 is 4.46 Å². The number of carboxylic acid groups (broad SMARTS) is 1. The summed E-state index contributed by atoms with van der Waals surface area (Å²) in [5.41, 5.74) is -0.309. The van der Waals surface area contributed by atoms with Crippen LogP contribution in [0.15, 0.2) is 30.3 Å². The molecule has 0 unspecified atom stereocenters. The van der Waals surface area contributed by atoms with Crippen molar-refractivity contribution in [2.24, 2.45) is 5.41 Å². The molecule has 0 radical (unpaired) electrons. The summed E-state index contributed by atoms with van der Waals surface area (Å²) in [5.74, 6) is -0.576. The molecule has 0 spiro atoms. The zero-order chi connectivity index (χ0) is 10.5. The van der Waals surface area contributed by atoms with Crippen molar-refractivity contribution < 1.29 is 9.90 Å². The SMILES string of the molecule is O=C(O)C12CC([Se]c3ccccc3)(C1)C2. The molecule has 1 aromatic rings. The van der Waals surface area contributed by atoms with Crippen molar-refractivity contribution in [2.45, 2.75) is 23.6 Å². The quantitative estimate of drug-likeness (QED) is 0.841. The molecule has 3 aliphatic carbocycles. The van der Waals surface area contributed by atoms with Crippen LogP contribution in [0.25, 0.3) is 0 Å². The molecule has 3 heteroatoms.